The Balaban J connectivity index is 2.05. The van der Waals surface area contributed by atoms with E-state index < -0.39 is 5.82 Å². The van der Waals surface area contributed by atoms with Gasteiger partial charge in [-0.2, -0.15) is 0 Å². The van der Waals surface area contributed by atoms with Crippen LogP contribution in [-0.2, 0) is 16.1 Å². The number of carbonyl (C=O) groups excluding carboxylic acids is 2. The van der Waals surface area contributed by atoms with E-state index in [1.807, 2.05) is 25.1 Å². The van der Waals surface area contributed by atoms with E-state index >= 15 is 0 Å². The van der Waals surface area contributed by atoms with Crippen LogP contribution in [0.3, 0.4) is 0 Å². The van der Waals surface area contributed by atoms with Crippen LogP contribution in [0.1, 0.15) is 25.0 Å². The average molecular weight is 419 g/mol. The van der Waals surface area contributed by atoms with Crippen molar-refractivity contribution < 1.29 is 14.0 Å². The molecule has 0 radical (unpaired) electrons. The summed E-state index contributed by atoms with van der Waals surface area (Å²) in [4.78, 5) is 25.3. The lowest BCUT2D eigenvalue weighted by atomic mass is 10.1. The molecule has 0 spiro atoms. The van der Waals surface area contributed by atoms with Gasteiger partial charge in [0.2, 0.25) is 11.8 Å². The molecule has 0 heterocycles. The van der Waals surface area contributed by atoms with Crippen molar-refractivity contribution >= 4 is 39.5 Å². The van der Waals surface area contributed by atoms with Crippen LogP contribution >= 0.6 is 15.9 Å². The lowest BCUT2D eigenvalue weighted by Gasteiger charge is -2.19. The smallest absolute Gasteiger partial charge is 0.248 e. The molecule has 1 N–H and O–H groups in total. The van der Waals surface area contributed by atoms with E-state index in [2.05, 4.69) is 21.2 Å². The van der Waals surface area contributed by atoms with E-state index in [0.717, 1.165) is 10.0 Å². The summed E-state index contributed by atoms with van der Waals surface area (Å²) in [6, 6.07) is 11.8. The Labute approximate surface area is 160 Å². The number of amides is 2. The van der Waals surface area contributed by atoms with E-state index in [0.29, 0.717) is 24.3 Å². The molecule has 0 bridgehead atoms. The van der Waals surface area contributed by atoms with E-state index in [1.54, 1.807) is 23.1 Å². The molecule has 2 aromatic carbocycles. The van der Waals surface area contributed by atoms with Gasteiger partial charge < -0.3 is 10.2 Å². The van der Waals surface area contributed by atoms with E-state index in [4.69, 9.17) is 0 Å². The van der Waals surface area contributed by atoms with Gasteiger partial charge in [0.05, 0.1) is 0 Å². The van der Waals surface area contributed by atoms with Crippen molar-refractivity contribution in [3.63, 3.8) is 0 Å². The van der Waals surface area contributed by atoms with Gasteiger partial charge in [0.1, 0.15) is 5.82 Å². The minimum atomic E-state index is -0.400. The number of benzene rings is 2. The van der Waals surface area contributed by atoms with Crippen LogP contribution in [0.5, 0.6) is 0 Å². The molecule has 26 heavy (non-hydrogen) atoms. The molecule has 0 atom stereocenters. The van der Waals surface area contributed by atoms with Gasteiger partial charge in [-0.25, -0.2) is 4.39 Å². The van der Waals surface area contributed by atoms with E-state index in [1.165, 1.54) is 25.1 Å². The Kier molecular flexibility index (Phi) is 7.09. The number of carbonyl (C=O) groups is 2. The van der Waals surface area contributed by atoms with Gasteiger partial charge in [0.15, 0.2) is 0 Å². The Hall–Kier alpha value is -2.47. The maximum Gasteiger partial charge on any atom is 0.248 e. The molecule has 0 aliphatic carbocycles. The molecule has 2 rings (SSSR count). The molecule has 2 aromatic rings. The predicted molar refractivity (Wildman–Crippen MR) is 105 cm³/mol. The highest BCUT2D eigenvalue weighted by molar-refractivity contribution is 9.10. The summed E-state index contributed by atoms with van der Waals surface area (Å²) in [7, 11) is 0. The number of nitrogens with zero attached hydrogens (tertiary/aromatic N) is 1. The van der Waals surface area contributed by atoms with Crippen LogP contribution in [0.25, 0.3) is 6.08 Å². The number of halogens is 2. The second-order valence-corrected chi connectivity index (χ2v) is 6.64. The van der Waals surface area contributed by atoms with Crippen LogP contribution in [-0.4, -0.2) is 23.3 Å². The molecular weight excluding hydrogens is 399 g/mol. The van der Waals surface area contributed by atoms with Crippen molar-refractivity contribution in [3.8, 4) is 0 Å². The Morgan fingerprint density at radius 3 is 2.69 bits per heavy atom. The molecule has 4 nitrogen and oxygen atoms in total. The van der Waals surface area contributed by atoms with Gasteiger partial charge in [-0.05, 0) is 48.9 Å². The van der Waals surface area contributed by atoms with Crippen LogP contribution < -0.4 is 5.32 Å². The Morgan fingerprint density at radius 1 is 1.23 bits per heavy atom. The predicted octanol–water partition coefficient (Wildman–Crippen LogP) is 4.61. The van der Waals surface area contributed by atoms with Gasteiger partial charge in [-0.3, -0.25) is 9.59 Å². The van der Waals surface area contributed by atoms with Crippen molar-refractivity contribution in [1.29, 1.82) is 0 Å². The van der Waals surface area contributed by atoms with E-state index in [9.17, 15) is 14.0 Å². The first-order chi connectivity index (χ1) is 12.4. The topological polar surface area (TPSA) is 49.4 Å². The number of hydrogen-bond acceptors (Lipinski definition) is 2. The highest BCUT2D eigenvalue weighted by Crippen LogP contribution is 2.17. The van der Waals surface area contributed by atoms with Gasteiger partial charge >= 0.3 is 0 Å². The third-order valence-electron chi connectivity index (χ3n) is 3.77. The Morgan fingerprint density at radius 2 is 2.00 bits per heavy atom. The molecule has 2 amide bonds. The molecule has 136 valence electrons. The first-order valence-corrected chi connectivity index (χ1v) is 8.97. The molecule has 0 aliphatic heterocycles. The van der Waals surface area contributed by atoms with E-state index in [-0.39, 0.29) is 11.8 Å². The molecular formula is C20H20BrFN2O2. The van der Waals surface area contributed by atoms with Crippen LogP contribution in [0.4, 0.5) is 10.1 Å². The van der Waals surface area contributed by atoms with Crippen molar-refractivity contribution in [2.45, 2.75) is 20.4 Å². The van der Waals surface area contributed by atoms with Gasteiger partial charge in [0, 0.05) is 41.8 Å². The fourth-order valence-electron chi connectivity index (χ4n) is 2.41. The third kappa shape index (κ3) is 5.81. The molecule has 0 aliphatic rings. The fourth-order valence-corrected chi connectivity index (χ4v) is 2.78. The number of anilines is 1. The van der Waals surface area contributed by atoms with Crippen molar-refractivity contribution in [1.82, 2.24) is 4.90 Å². The molecule has 0 saturated carbocycles. The summed E-state index contributed by atoms with van der Waals surface area (Å²) in [5.41, 5.74) is 1.86. The maximum atomic E-state index is 13.7. The summed E-state index contributed by atoms with van der Waals surface area (Å²) in [6.07, 6.45) is 2.71. The summed E-state index contributed by atoms with van der Waals surface area (Å²) < 4.78 is 14.4. The van der Waals surface area contributed by atoms with Crippen LogP contribution in [0.15, 0.2) is 53.0 Å². The number of rotatable bonds is 6. The monoisotopic (exact) mass is 418 g/mol. The second kappa shape index (κ2) is 9.29. The number of nitrogens with one attached hydrogen (secondary N) is 1. The van der Waals surface area contributed by atoms with Crippen molar-refractivity contribution in [2.75, 3.05) is 11.9 Å². The average Bonchev–Trinajstić information content (AvgIpc) is 2.60. The quantitative estimate of drug-likeness (QED) is 0.696. The van der Waals surface area contributed by atoms with Crippen LogP contribution in [0.2, 0.25) is 0 Å². The summed E-state index contributed by atoms with van der Waals surface area (Å²) in [6.45, 7) is 4.54. The zero-order valence-corrected chi connectivity index (χ0v) is 16.2. The largest absolute Gasteiger partial charge is 0.339 e. The molecule has 0 aromatic heterocycles. The minimum Gasteiger partial charge on any atom is -0.339 e. The molecule has 0 unspecified atom stereocenters. The zero-order valence-electron chi connectivity index (χ0n) is 14.6. The highest BCUT2D eigenvalue weighted by Gasteiger charge is 2.08. The van der Waals surface area contributed by atoms with Crippen molar-refractivity contribution in [3.05, 3.63) is 70.0 Å². The SMILES string of the molecule is CCN(Cc1cccc(NC(=O)/C=C/c2cc(Br)ccc2F)c1)C(C)=O. The lowest BCUT2D eigenvalue weighted by molar-refractivity contribution is -0.129. The summed E-state index contributed by atoms with van der Waals surface area (Å²) >= 11 is 3.27. The zero-order chi connectivity index (χ0) is 19.1. The Bertz CT molecular complexity index is 836. The fraction of sp³-hybridized carbons (Fsp3) is 0.200. The van der Waals surface area contributed by atoms with Crippen LogP contribution in [0, 0.1) is 5.82 Å². The summed E-state index contributed by atoms with van der Waals surface area (Å²) in [5, 5.41) is 2.74. The second-order valence-electron chi connectivity index (χ2n) is 5.72. The lowest BCUT2D eigenvalue weighted by Crippen LogP contribution is -2.27. The first-order valence-electron chi connectivity index (χ1n) is 8.17. The standard InChI is InChI=1S/C20H20BrFN2O2/c1-3-24(14(2)25)13-15-5-4-6-18(11-15)23-20(26)10-7-16-12-17(21)8-9-19(16)22/h4-12H,3,13H2,1-2H3,(H,23,26)/b10-7+. The van der Waals surface area contributed by atoms with Gasteiger partial charge in [-0.1, -0.05) is 28.1 Å². The van der Waals surface area contributed by atoms with Gasteiger partial charge in [0.25, 0.3) is 0 Å². The molecule has 0 saturated heterocycles. The first kappa shape index (κ1) is 19.8. The van der Waals surface area contributed by atoms with Crippen molar-refractivity contribution in [2.24, 2.45) is 0 Å². The maximum absolute atomic E-state index is 13.7. The number of hydrogen-bond donors (Lipinski definition) is 1. The highest BCUT2D eigenvalue weighted by atomic mass is 79.9. The molecule has 0 fully saturated rings. The van der Waals surface area contributed by atoms with Gasteiger partial charge in [-0.15, -0.1) is 0 Å². The third-order valence-corrected chi connectivity index (χ3v) is 4.26. The molecule has 6 heteroatoms. The summed E-state index contributed by atoms with van der Waals surface area (Å²) in [5.74, 6) is -0.760. The minimum absolute atomic E-state index is 0.000852. The normalized spacial score (nSPS) is 10.8.